The minimum Gasteiger partial charge on any atom is -0.347 e. The average molecular weight is 237 g/mol. The molecule has 17 heavy (non-hydrogen) atoms. The van der Waals surface area contributed by atoms with Crippen molar-refractivity contribution in [3.63, 3.8) is 0 Å². The van der Waals surface area contributed by atoms with E-state index in [1.165, 1.54) is 12.1 Å². The highest BCUT2D eigenvalue weighted by atomic mass is 19.1. The number of aromatic nitrogens is 2. The summed E-state index contributed by atoms with van der Waals surface area (Å²) >= 11 is 0. The van der Waals surface area contributed by atoms with E-state index in [4.69, 9.17) is 0 Å². The van der Waals surface area contributed by atoms with Gasteiger partial charge in [-0.2, -0.15) is 0 Å². The van der Waals surface area contributed by atoms with Crippen molar-refractivity contribution in [1.29, 1.82) is 0 Å². The summed E-state index contributed by atoms with van der Waals surface area (Å²) in [5.41, 5.74) is 1.51. The van der Waals surface area contributed by atoms with Gasteiger partial charge in [0.25, 0.3) is 0 Å². The van der Waals surface area contributed by atoms with E-state index in [2.05, 4.69) is 15.3 Å². The Kier molecular flexibility index (Phi) is 3.49. The second-order valence-electron chi connectivity index (χ2n) is 3.88. The maximum absolute atomic E-state index is 13.0. The van der Waals surface area contributed by atoms with E-state index < -0.39 is 11.6 Å². The fraction of sp³-hybridized carbons (Fsp3) is 0.250. The van der Waals surface area contributed by atoms with Crippen LogP contribution < -0.4 is 5.32 Å². The average Bonchev–Trinajstić information content (AvgIpc) is 2.77. The number of rotatable bonds is 4. The van der Waals surface area contributed by atoms with Gasteiger partial charge in [0, 0.05) is 30.5 Å². The Labute approximate surface area is 97.9 Å². The number of nitrogens with zero attached hydrogens (tertiary/aromatic N) is 1. The van der Waals surface area contributed by atoms with E-state index in [1.54, 1.807) is 12.5 Å². The molecule has 0 aliphatic heterocycles. The van der Waals surface area contributed by atoms with Crippen molar-refractivity contribution in [2.45, 2.75) is 19.5 Å². The molecule has 0 saturated heterocycles. The third kappa shape index (κ3) is 3.10. The van der Waals surface area contributed by atoms with Crippen molar-refractivity contribution in [2.24, 2.45) is 0 Å². The maximum Gasteiger partial charge on any atom is 0.126 e. The van der Waals surface area contributed by atoms with Crippen LogP contribution in [0.25, 0.3) is 0 Å². The van der Waals surface area contributed by atoms with Crippen LogP contribution in [0.2, 0.25) is 0 Å². The highest BCUT2D eigenvalue weighted by Crippen LogP contribution is 2.16. The van der Waals surface area contributed by atoms with Crippen LogP contribution in [0.4, 0.5) is 8.78 Å². The second kappa shape index (κ2) is 5.05. The summed E-state index contributed by atoms with van der Waals surface area (Å²) in [6, 6.07) is 3.38. The molecule has 0 aliphatic rings. The molecule has 0 saturated carbocycles. The predicted molar refractivity (Wildman–Crippen MR) is 60.2 cm³/mol. The van der Waals surface area contributed by atoms with Gasteiger partial charge in [-0.15, -0.1) is 0 Å². The van der Waals surface area contributed by atoms with Crippen LogP contribution in [-0.4, -0.2) is 9.97 Å². The number of hydrogen-bond acceptors (Lipinski definition) is 2. The van der Waals surface area contributed by atoms with Crippen molar-refractivity contribution in [1.82, 2.24) is 15.3 Å². The highest BCUT2D eigenvalue weighted by Gasteiger charge is 2.08. The van der Waals surface area contributed by atoms with Gasteiger partial charge in [-0.05, 0) is 24.6 Å². The first kappa shape index (κ1) is 11.7. The quantitative estimate of drug-likeness (QED) is 0.857. The molecular formula is C12H13F2N3. The summed E-state index contributed by atoms with van der Waals surface area (Å²) in [5, 5.41) is 3.15. The first-order valence-corrected chi connectivity index (χ1v) is 5.32. The lowest BCUT2D eigenvalue weighted by atomic mass is 10.1. The topological polar surface area (TPSA) is 40.7 Å². The van der Waals surface area contributed by atoms with E-state index in [1.807, 2.05) is 6.92 Å². The van der Waals surface area contributed by atoms with Gasteiger partial charge < -0.3 is 10.3 Å². The Balaban J connectivity index is 2.01. The molecule has 1 heterocycles. The van der Waals surface area contributed by atoms with Gasteiger partial charge in [0.05, 0.1) is 6.33 Å². The lowest BCUT2D eigenvalue weighted by Crippen LogP contribution is -2.18. The highest BCUT2D eigenvalue weighted by molar-refractivity contribution is 5.21. The Morgan fingerprint density at radius 3 is 2.59 bits per heavy atom. The lowest BCUT2D eigenvalue weighted by Gasteiger charge is -2.13. The van der Waals surface area contributed by atoms with Crippen LogP contribution in [0, 0.1) is 11.6 Å². The number of hydrogen-bond donors (Lipinski definition) is 2. The maximum atomic E-state index is 13.0. The molecule has 0 radical (unpaired) electrons. The predicted octanol–water partition coefficient (Wildman–Crippen LogP) is 2.54. The van der Waals surface area contributed by atoms with Crippen LogP contribution in [-0.2, 0) is 6.54 Å². The zero-order chi connectivity index (χ0) is 12.3. The van der Waals surface area contributed by atoms with Crippen molar-refractivity contribution in [2.75, 3.05) is 0 Å². The molecule has 1 unspecified atom stereocenters. The molecule has 5 heteroatoms. The summed E-state index contributed by atoms with van der Waals surface area (Å²) < 4.78 is 26.0. The molecule has 2 aromatic rings. The van der Waals surface area contributed by atoms with Gasteiger partial charge in [0.15, 0.2) is 0 Å². The number of H-pyrrole nitrogens is 1. The first-order chi connectivity index (χ1) is 8.15. The summed E-state index contributed by atoms with van der Waals surface area (Å²) in [7, 11) is 0. The summed E-state index contributed by atoms with van der Waals surface area (Å²) in [6.45, 7) is 2.42. The Bertz CT molecular complexity index is 462. The Morgan fingerprint density at radius 1 is 1.29 bits per heavy atom. The zero-order valence-corrected chi connectivity index (χ0v) is 9.37. The minimum absolute atomic E-state index is 0.136. The van der Waals surface area contributed by atoms with Crippen LogP contribution >= 0.6 is 0 Å². The largest absolute Gasteiger partial charge is 0.347 e. The summed E-state index contributed by atoms with van der Waals surface area (Å²) in [5.74, 6) is -1.12. The third-order valence-corrected chi connectivity index (χ3v) is 2.54. The fourth-order valence-electron chi connectivity index (χ4n) is 1.59. The number of aromatic amines is 1. The van der Waals surface area contributed by atoms with Gasteiger partial charge in [0.2, 0.25) is 0 Å². The number of halogens is 2. The second-order valence-corrected chi connectivity index (χ2v) is 3.88. The van der Waals surface area contributed by atoms with Gasteiger partial charge in [-0.3, -0.25) is 0 Å². The number of benzene rings is 1. The minimum atomic E-state index is -0.560. The molecule has 0 spiro atoms. The van der Waals surface area contributed by atoms with E-state index >= 15 is 0 Å². The molecule has 2 N–H and O–H groups in total. The van der Waals surface area contributed by atoms with Gasteiger partial charge >= 0.3 is 0 Å². The SMILES string of the molecule is CC(NCc1cnc[nH]1)c1cc(F)cc(F)c1. The molecule has 2 rings (SSSR count). The molecule has 1 aromatic heterocycles. The normalized spacial score (nSPS) is 12.6. The van der Waals surface area contributed by atoms with Crippen LogP contribution in [0.1, 0.15) is 24.2 Å². The molecular weight excluding hydrogens is 224 g/mol. The van der Waals surface area contributed by atoms with Gasteiger partial charge in [-0.25, -0.2) is 13.8 Å². The molecule has 0 aliphatic carbocycles. The molecule has 3 nitrogen and oxygen atoms in total. The zero-order valence-electron chi connectivity index (χ0n) is 9.37. The van der Waals surface area contributed by atoms with Crippen molar-refractivity contribution >= 4 is 0 Å². The van der Waals surface area contributed by atoms with Gasteiger partial charge in [0.1, 0.15) is 11.6 Å². The first-order valence-electron chi connectivity index (χ1n) is 5.32. The molecule has 0 fully saturated rings. The third-order valence-electron chi connectivity index (χ3n) is 2.54. The van der Waals surface area contributed by atoms with E-state index in [9.17, 15) is 8.78 Å². The smallest absolute Gasteiger partial charge is 0.126 e. The standard InChI is InChI=1S/C12H13F2N3/c1-8(16-6-12-5-15-7-17-12)9-2-10(13)4-11(14)3-9/h2-5,7-8,16H,6H2,1H3,(H,15,17). The molecule has 0 bridgehead atoms. The summed E-state index contributed by atoms with van der Waals surface area (Å²) in [6.07, 6.45) is 3.29. The molecule has 1 aromatic carbocycles. The van der Waals surface area contributed by atoms with Crippen molar-refractivity contribution < 1.29 is 8.78 Å². The lowest BCUT2D eigenvalue weighted by molar-refractivity contribution is 0.543. The van der Waals surface area contributed by atoms with Gasteiger partial charge in [-0.1, -0.05) is 0 Å². The Hall–Kier alpha value is -1.75. The van der Waals surface area contributed by atoms with Crippen LogP contribution in [0.15, 0.2) is 30.7 Å². The number of imidazole rings is 1. The van der Waals surface area contributed by atoms with E-state index in [0.717, 1.165) is 11.8 Å². The van der Waals surface area contributed by atoms with E-state index in [-0.39, 0.29) is 6.04 Å². The van der Waals surface area contributed by atoms with Crippen molar-refractivity contribution in [3.05, 3.63) is 53.6 Å². The Morgan fingerprint density at radius 2 is 2.00 bits per heavy atom. The molecule has 1 atom stereocenters. The molecule has 90 valence electrons. The molecule has 0 amide bonds. The van der Waals surface area contributed by atoms with Crippen LogP contribution in [0.5, 0.6) is 0 Å². The number of nitrogens with one attached hydrogen (secondary N) is 2. The monoisotopic (exact) mass is 237 g/mol. The fourth-order valence-corrected chi connectivity index (χ4v) is 1.59. The van der Waals surface area contributed by atoms with E-state index in [0.29, 0.717) is 12.1 Å². The van der Waals surface area contributed by atoms with Crippen LogP contribution in [0.3, 0.4) is 0 Å². The van der Waals surface area contributed by atoms with Crippen molar-refractivity contribution in [3.8, 4) is 0 Å². The summed E-state index contributed by atoms with van der Waals surface area (Å²) in [4.78, 5) is 6.83.